The van der Waals surface area contributed by atoms with Crippen LogP contribution in [0, 0.1) is 0 Å². The van der Waals surface area contributed by atoms with Crippen molar-refractivity contribution in [2.75, 3.05) is 13.7 Å². The maximum atomic E-state index is 12.8. The van der Waals surface area contributed by atoms with Crippen molar-refractivity contribution < 1.29 is 34.1 Å². The van der Waals surface area contributed by atoms with E-state index in [0.29, 0.717) is 25.0 Å². The van der Waals surface area contributed by atoms with Crippen LogP contribution in [0.25, 0.3) is 0 Å². The highest BCUT2D eigenvalue weighted by molar-refractivity contribution is 6.33. The fraction of sp³-hybridized carbons (Fsp3) is 0.455. The molecule has 0 saturated carbocycles. The summed E-state index contributed by atoms with van der Waals surface area (Å²) in [6.07, 6.45) is 4.96. The monoisotopic (exact) mass is 453 g/mol. The largest absolute Gasteiger partial charge is 0.507 e. The molecule has 1 aliphatic rings. The molecule has 0 bridgehead atoms. The van der Waals surface area contributed by atoms with Gasteiger partial charge in [-0.3, -0.25) is 9.63 Å². The van der Waals surface area contributed by atoms with E-state index in [4.69, 9.17) is 25.9 Å². The Morgan fingerprint density at radius 1 is 1.32 bits per heavy atom. The van der Waals surface area contributed by atoms with Gasteiger partial charge < -0.3 is 19.7 Å². The van der Waals surface area contributed by atoms with E-state index in [2.05, 4.69) is 12.1 Å². The minimum absolute atomic E-state index is 0.0291. The number of cyclic esters (lactones) is 1. The average molecular weight is 454 g/mol. The van der Waals surface area contributed by atoms with E-state index in [0.717, 1.165) is 6.07 Å². The smallest absolute Gasteiger partial charge is 0.342 e. The molecule has 2 rings (SSSR count). The van der Waals surface area contributed by atoms with Crippen molar-refractivity contribution in [1.29, 1.82) is 0 Å². The summed E-state index contributed by atoms with van der Waals surface area (Å²) in [4.78, 5) is 30.8. The minimum Gasteiger partial charge on any atom is -0.507 e. The molecule has 0 amide bonds. The van der Waals surface area contributed by atoms with Crippen molar-refractivity contribution in [2.45, 2.75) is 51.2 Å². The second-order valence-electron chi connectivity index (χ2n) is 7.35. The predicted molar refractivity (Wildman–Crippen MR) is 115 cm³/mol. The summed E-state index contributed by atoms with van der Waals surface area (Å²) >= 11 is 6.18. The predicted octanol–water partition coefficient (Wildman–Crippen LogP) is 3.59. The van der Waals surface area contributed by atoms with E-state index in [-0.39, 0.29) is 47.4 Å². The number of carbonyl (C=O) groups excluding carboxylic acids is 2. The molecular weight excluding hydrogens is 426 g/mol. The van der Waals surface area contributed by atoms with Gasteiger partial charge in [-0.15, -0.1) is 0 Å². The van der Waals surface area contributed by atoms with Crippen LogP contribution in [-0.4, -0.2) is 47.8 Å². The third-order valence-electron chi connectivity index (χ3n) is 4.77. The Kier molecular flexibility index (Phi) is 9.36. The lowest BCUT2D eigenvalue weighted by Gasteiger charge is -2.20. The molecule has 0 fully saturated rings. The summed E-state index contributed by atoms with van der Waals surface area (Å²) in [6.45, 7) is 5.51. The molecule has 1 aromatic carbocycles. The van der Waals surface area contributed by atoms with Crippen LogP contribution in [0.5, 0.6) is 11.5 Å². The first-order valence-corrected chi connectivity index (χ1v) is 10.3. The first-order valence-electron chi connectivity index (χ1n) is 9.93. The Labute approximate surface area is 186 Å². The summed E-state index contributed by atoms with van der Waals surface area (Å²) in [7, 11) is 1.49. The van der Waals surface area contributed by atoms with E-state index >= 15 is 0 Å². The summed E-state index contributed by atoms with van der Waals surface area (Å²) in [5.74, 6) is -1.57. The number of halogens is 1. The Balaban J connectivity index is 2.30. The molecule has 8 nitrogen and oxygen atoms in total. The van der Waals surface area contributed by atoms with Gasteiger partial charge in [-0.05, 0) is 19.8 Å². The summed E-state index contributed by atoms with van der Waals surface area (Å²) < 4.78 is 10.3. The summed E-state index contributed by atoms with van der Waals surface area (Å²) in [5.41, 5.74) is 2.67. The zero-order valence-corrected chi connectivity index (χ0v) is 18.4. The number of rotatable bonds is 5. The number of allylic oxidation sites excluding steroid dienone is 1. The topological polar surface area (TPSA) is 114 Å². The van der Waals surface area contributed by atoms with Crippen LogP contribution in [0.2, 0.25) is 5.02 Å². The third kappa shape index (κ3) is 7.27. The molecule has 1 aliphatic heterocycles. The van der Waals surface area contributed by atoms with Gasteiger partial charge in [0.15, 0.2) is 0 Å². The van der Waals surface area contributed by atoms with Crippen molar-refractivity contribution >= 4 is 23.4 Å². The number of phenols is 2. The Bertz CT molecular complexity index is 853. The number of ether oxygens (including phenoxy) is 2. The lowest BCUT2D eigenvalue weighted by molar-refractivity contribution is -0.120. The lowest BCUT2D eigenvalue weighted by atomic mass is 9.96. The van der Waals surface area contributed by atoms with Gasteiger partial charge in [-0.2, -0.15) is 5.48 Å². The number of Topliss-reactive ketones (excluding diaryl/α,β-unsaturated/α-hetero) is 1. The lowest BCUT2D eigenvalue weighted by Crippen LogP contribution is -2.33. The van der Waals surface area contributed by atoms with Crippen LogP contribution in [0.3, 0.4) is 0 Å². The van der Waals surface area contributed by atoms with E-state index in [1.54, 1.807) is 6.92 Å². The number of hydrogen-bond donors (Lipinski definition) is 3. The van der Waals surface area contributed by atoms with Crippen LogP contribution in [0.4, 0.5) is 0 Å². The Hall–Kier alpha value is -2.55. The van der Waals surface area contributed by atoms with Crippen molar-refractivity contribution in [3.8, 4) is 11.5 Å². The van der Waals surface area contributed by atoms with Gasteiger partial charge >= 0.3 is 5.97 Å². The van der Waals surface area contributed by atoms with Gasteiger partial charge in [0.1, 0.15) is 41.3 Å². The molecule has 0 saturated heterocycles. The summed E-state index contributed by atoms with van der Waals surface area (Å²) in [5, 5.41) is 20.1. The maximum absolute atomic E-state index is 12.8. The number of ketones is 1. The van der Waals surface area contributed by atoms with Crippen LogP contribution >= 0.6 is 11.6 Å². The Morgan fingerprint density at radius 3 is 2.77 bits per heavy atom. The average Bonchev–Trinajstić information content (AvgIpc) is 2.70. The number of benzene rings is 1. The molecule has 9 heteroatoms. The number of hydrogen-bond acceptors (Lipinski definition) is 8. The molecular formula is C22H28ClNO7. The molecule has 2 unspecified atom stereocenters. The molecule has 0 spiro atoms. The van der Waals surface area contributed by atoms with Gasteiger partial charge in [0.05, 0.1) is 12.1 Å². The van der Waals surface area contributed by atoms with E-state index in [1.165, 1.54) is 7.11 Å². The first kappa shape index (κ1) is 24.7. The van der Waals surface area contributed by atoms with E-state index < -0.39 is 23.6 Å². The number of nitrogens with one attached hydrogen (secondary N) is 1. The number of fused-ring (bicyclic) bond motifs is 1. The molecule has 2 atom stereocenters. The molecule has 170 valence electrons. The molecule has 1 heterocycles. The number of carbonyl (C=O) groups is 2. The molecule has 0 radical (unpaired) electrons. The van der Waals surface area contributed by atoms with Crippen molar-refractivity contribution in [3.05, 3.63) is 46.7 Å². The van der Waals surface area contributed by atoms with Gasteiger partial charge in [-0.25, -0.2) is 4.79 Å². The minimum atomic E-state index is -0.809. The van der Waals surface area contributed by atoms with Gasteiger partial charge in [0.25, 0.3) is 0 Å². The number of hydroxylamine groups is 1. The second-order valence-corrected chi connectivity index (χ2v) is 7.73. The highest BCUT2D eigenvalue weighted by atomic mass is 35.5. The van der Waals surface area contributed by atoms with Crippen LogP contribution in [0.15, 0.2) is 30.6 Å². The standard InChI is InChI=1S/C22H28ClNO7/c1-13-7-5-4-6-8-15(24-30-12-14(2)29-3)9-16(25)10-17-20(22(28)31-13)18(26)11-19(27)21(17)23/h4-5,11,13,15,24,26-27H,2,6-10,12H2,1,3H3/b5-4+. The number of phenolic OH excluding ortho intramolecular Hbond substituents is 2. The fourth-order valence-corrected chi connectivity index (χ4v) is 3.33. The van der Waals surface area contributed by atoms with Crippen molar-refractivity contribution in [1.82, 2.24) is 5.48 Å². The molecule has 3 N–H and O–H groups in total. The highest BCUT2D eigenvalue weighted by Gasteiger charge is 2.27. The zero-order valence-electron chi connectivity index (χ0n) is 17.7. The van der Waals surface area contributed by atoms with Crippen LogP contribution in [0.1, 0.15) is 48.5 Å². The quantitative estimate of drug-likeness (QED) is 0.268. The first-order chi connectivity index (χ1) is 14.7. The molecule has 31 heavy (non-hydrogen) atoms. The molecule has 0 aliphatic carbocycles. The van der Waals surface area contributed by atoms with E-state index in [1.807, 2.05) is 12.2 Å². The van der Waals surface area contributed by atoms with Crippen molar-refractivity contribution in [3.63, 3.8) is 0 Å². The zero-order chi connectivity index (χ0) is 23.0. The van der Waals surface area contributed by atoms with Crippen LogP contribution in [-0.2, 0) is 25.5 Å². The van der Waals surface area contributed by atoms with E-state index in [9.17, 15) is 19.8 Å². The molecule has 1 aromatic rings. The fourth-order valence-electron chi connectivity index (χ4n) is 3.12. The number of methoxy groups -OCH3 is 1. The van der Waals surface area contributed by atoms with Crippen molar-refractivity contribution in [2.24, 2.45) is 0 Å². The SMILES string of the molecule is C=C(CONC1CC/C=C/CC(C)OC(=O)c2c(O)cc(O)c(Cl)c2CC(=O)C1)OC. The normalized spacial score (nSPS) is 21.5. The summed E-state index contributed by atoms with van der Waals surface area (Å²) in [6, 6.07) is 0.642. The Morgan fingerprint density at radius 2 is 2.06 bits per heavy atom. The number of esters is 1. The molecule has 0 aromatic heterocycles. The van der Waals surface area contributed by atoms with Crippen LogP contribution < -0.4 is 5.48 Å². The van der Waals surface area contributed by atoms with Gasteiger partial charge in [-0.1, -0.05) is 30.3 Å². The van der Waals surface area contributed by atoms with Gasteiger partial charge in [0, 0.05) is 36.9 Å². The van der Waals surface area contributed by atoms with Gasteiger partial charge in [0.2, 0.25) is 0 Å². The second kappa shape index (κ2) is 11.7. The number of aromatic hydroxyl groups is 2. The highest BCUT2D eigenvalue weighted by Crippen LogP contribution is 2.37. The maximum Gasteiger partial charge on any atom is 0.342 e. The third-order valence-corrected chi connectivity index (χ3v) is 5.19.